The number of nitrogens with zero attached hydrogens (tertiary/aromatic N) is 1. The van der Waals surface area contributed by atoms with Crippen molar-refractivity contribution in [3.8, 4) is 10.6 Å². The van der Waals surface area contributed by atoms with Gasteiger partial charge in [-0.3, -0.25) is 0 Å². The first-order valence-corrected chi connectivity index (χ1v) is 6.41. The van der Waals surface area contributed by atoms with E-state index in [1.54, 1.807) is 26.2 Å². The summed E-state index contributed by atoms with van der Waals surface area (Å²) < 4.78 is 18.3. The summed E-state index contributed by atoms with van der Waals surface area (Å²) in [5, 5.41) is 0.852. The predicted molar refractivity (Wildman–Crippen MR) is 70.8 cm³/mol. The molecule has 3 nitrogen and oxygen atoms in total. The van der Waals surface area contributed by atoms with Crippen molar-refractivity contribution in [2.45, 2.75) is 20.1 Å². The van der Waals surface area contributed by atoms with E-state index in [0.717, 1.165) is 21.1 Å². The summed E-state index contributed by atoms with van der Waals surface area (Å²) in [4.78, 5) is 5.51. The third kappa shape index (κ3) is 2.58. The third-order valence-electron chi connectivity index (χ3n) is 2.65. The van der Waals surface area contributed by atoms with Crippen LogP contribution < -0.4 is 5.73 Å². The van der Waals surface area contributed by atoms with Gasteiger partial charge in [0.25, 0.3) is 0 Å². The van der Waals surface area contributed by atoms with Crippen LogP contribution in [0.1, 0.15) is 16.1 Å². The smallest absolute Gasteiger partial charge is 0.126 e. The van der Waals surface area contributed by atoms with Crippen molar-refractivity contribution in [2.24, 2.45) is 5.73 Å². The maximum absolute atomic E-state index is 13.2. The summed E-state index contributed by atoms with van der Waals surface area (Å²) in [6, 6.07) is 4.99. The molecule has 2 N–H and O–H groups in total. The zero-order chi connectivity index (χ0) is 13.1. The third-order valence-corrected chi connectivity index (χ3v) is 3.82. The second-order valence-corrected chi connectivity index (χ2v) is 5.07. The van der Waals surface area contributed by atoms with E-state index in [-0.39, 0.29) is 5.82 Å². The highest BCUT2D eigenvalue weighted by atomic mass is 32.1. The normalized spacial score (nSPS) is 10.9. The number of halogens is 1. The van der Waals surface area contributed by atoms with Crippen molar-refractivity contribution < 1.29 is 9.13 Å². The topological polar surface area (TPSA) is 48.1 Å². The number of rotatable bonds is 4. The van der Waals surface area contributed by atoms with Crippen molar-refractivity contribution in [3.05, 3.63) is 40.2 Å². The van der Waals surface area contributed by atoms with E-state index in [4.69, 9.17) is 10.5 Å². The first kappa shape index (κ1) is 13.1. The second kappa shape index (κ2) is 5.56. The largest absolute Gasteiger partial charge is 0.378 e. The molecule has 0 unspecified atom stereocenters. The van der Waals surface area contributed by atoms with Gasteiger partial charge < -0.3 is 10.5 Å². The lowest BCUT2D eigenvalue weighted by molar-refractivity contribution is 0.181. The Morgan fingerprint density at radius 2 is 2.22 bits per heavy atom. The average Bonchev–Trinajstić information content (AvgIpc) is 2.76. The monoisotopic (exact) mass is 266 g/mol. The van der Waals surface area contributed by atoms with E-state index >= 15 is 0 Å². The maximum atomic E-state index is 13.2. The Balaban J connectivity index is 2.40. The van der Waals surface area contributed by atoms with Crippen molar-refractivity contribution in [1.29, 1.82) is 0 Å². The number of aryl methyl sites for hydroxylation is 1. The minimum Gasteiger partial charge on any atom is -0.378 e. The summed E-state index contributed by atoms with van der Waals surface area (Å²) in [6.07, 6.45) is 0. The van der Waals surface area contributed by atoms with E-state index in [1.165, 1.54) is 17.4 Å². The Kier molecular flexibility index (Phi) is 4.06. The fourth-order valence-corrected chi connectivity index (χ4v) is 2.63. The van der Waals surface area contributed by atoms with Crippen LogP contribution in [0.2, 0.25) is 0 Å². The molecule has 0 amide bonds. The Morgan fingerprint density at radius 3 is 2.83 bits per heavy atom. The Labute approximate surface area is 109 Å². The van der Waals surface area contributed by atoms with E-state index in [9.17, 15) is 4.39 Å². The Hall–Kier alpha value is -1.30. The molecule has 0 aliphatic rings. The van der Waals surface area contributed by atoms with Gasteiger partial charge in [0.05, 0.1) is 12.3 Å². The molecule has 0 atom stereocenters. The highest BCUT2D eigenvalue weighted by molar-refractivity contribution is 7.15. The highest BCUT2D eigenvalue weighted by Gasteiger charge is 2.12. The number of methoxy groups -OCH3 is 1. The summed E-state index contributed by atoms with van der Waals surface area (Å²) in [5.41, 5.74) is 8.07. The van der Waals surface area contributed by atoms with Crippen molar-refractivity contribution >= 4 is 11.3 Å². The van der Waals surface area contributed by atoms with Gasteiger partial charge in [-0.15, -0.1) is 11.3 Å². The van der Waals surface area contributed by atoms with Crippen LogP contribution in [0.25, 0.3) is 10.6 Å². The van der Waals surface area contributed by atoms with Crippen LogP contribution in [-0.4, -0.2) is 12.1 Å². The van der Waals surface area contributed by atoms with Gasteiger partial charge in [-0.25, -0.2) is 9.37 Å². The minimum atomic E-state index is -0.202. The number of aromatic nitrogens is 1. The fraction of sp³-hybridized carbons (Fsp3) is 0.308. The molecule has 2 rings (SSSR count). The fourth-order valence-electron chi connectivity index (χ4n) is 1.69. The van der Waals surface area contributed by atoms with Crippen LogP contribution in [0.3, 0.4) is 0 Å². The van der Waals surface area contributed by atoms with Gasteiger partial charge in [-0.05, 0) is 30.7 Å². The van der Waals surface area contributed by atoms with Gasteiger partial charge in [0.15, 0.2) is 0 Å². The standard InChI is InChI=1S/C13H15FN2OS/c1-8-5-9(3-4-10(8)14)13-16-11(7-17-2)12(6-15)18-13/h3-5H,6-7,15H2,1-2H3. The molecule has 0 bridgehead atoms. The zero-order valence-corrected chi connectivity index (χ0v) is 11.2. The molecular weight excluding hydrogens is 251 g/mol. The molecule has 1 aromatic heterocycles. The first-order chi connectivity index (χ1) is 8.65. The summed E-state index contributed by atoms with van der Waals surface area (Å²) in [5.74, 6) is -0.202. The molecule has 18 heavy (non-hydrogen) atoms. The average molecular weight is 266 g/mol. The number of ether oxygens (including phenoxy) is 1. The second-order valence-electron chi connectivity index (χ2n) is 3.99. The van der Waals surface area contributed by atoms with Gasteiger partial charge in [-0.2, -0.15) is 0 Å². The minimum absolute atomic E-state index is 0.202. The van der Waals surface area contributed by atoms with Crippen LogP contribution in [0.5, 0.6) is 0 Å². The lowest BCUT2D eigenvalue weighted by Gasteiger charge is -1.99. The molecule has 0 saturated carbocycles. The van der Waals surface area contributed by atoms with E-state index in [0.29, 0.717) is 18.7 Å². The molecular formula is C13H15FN2OS. The molecule has 96 valence electrons. The molecule has 1 aromatic carbocycles. The van der Waals surface area contributed by atoms with Crippen molar-refractivity contribution in [1.82, 2.24) is 4.98 Å². The van der Waals surface area contributed by atoms with Crippen LogP contribution in [0, 0.1) is 12.7 Å². The molecule has 0 radical (unpaired) electrons. The number of benzene rings is 1. The van der Waals surface area contributed by atoms with Gasteiger partial charge in [0.1, 0.15) is 10.8 Å². The molecule has 0 spiro atoms. The number of thiazole rings is 1. The van der Waals surface area contributed by atoms with E-state index in [2.05, 4.69) is 4.98 Å². The quantitative estimate of drug-likeness (QED) is 0.925. The SMILES string of the molecule is COCc1nc(-c2ccc(F)c(C)c2)sc1CN. The summed E-state index contributed by atoms with van der Waals surface area (Å²) in [6.45, 7) is 2.63. The molecule has 0 aliphatic carbocycles. The maximum Gasteiger partial charge on any atom is 0.126 e. The lowest BCUT2D eigenvalue weighted by Crippen LogP contribution is -1.99. The van der Waals surface area contributed by atoms with Gasteiger partial charge in [0, 0.05) is 24.1 Å². The van der Waals surface area contributed by atoms with Crippen LogP contribution in [0.4, 0.5) is 4.39 Å². The van der Waals surface area contributed by atoms with Crippen molar-refractivity contribution in [2.75, 3.05) is 7.11 Å². The number of hydrogen-bond donors (Lipinski definition) is 1. The Bertz CT molecular complexity index is 554. The molecule has 0 fully saturated rings. The molecule has 5 heteroatoms. The van der Waals surface area contributed by atoms with Gasteiger partial charge in [-0.1, -0.05) is 0 Å². The van der Waals surface area contributed by atoms with E-state index < -0.39 is 0 Å². The highest BCUT2D eigenvalue weighted by Crippen LogP contribution is 2.29. The van der Waals surface area contributed by atoms with E-state index in [1.807, 2.05) is 0 Å². The van der Waals surface area contributed by atoms with Gasteiger partial charge >= 0.3 is 0 Å². The molecule has 1 heterocycles. The Morgan fingerprint density at radius 1 is 1.44 bits per heavy atom. The lowest BCUT2D eigenvalue weighted by atomic mass is 10.1. The van der Waals surface area contributed by atoms with Crippen LogP contribution in [-0.2, 0) is 17.9 Å². The first-order valence-electron chi connectivity index (χ1n) is 5.59. The number of nitrogens with two attached hydrogens (primary N) is 1. The van der Waals surface area contributed by atoms with Crippen LogP contribution in [0.15, 0.2) is 18.2 Å². The number of hydrogen-bond acceptors (Lipinski definition) is 4. The van der Waals surface area contributed by atoms with Crippen LogP contribution >= 0.6 is 11.3 Å². The van der Waals surface area contributed by atoms with Gasteiger partial charge in [0.2, 0.25) is 0 Å². The zero-order valence-electron chi connectivity index (χ0n) is 10.4. The molecule has 2 aromatic rings. The summed E-state index contributed by atoms with van der Waals surface area (Å²) >= 11 is 1.53. The van der Waals surface area contributed by atoms with Crippen molar-refractivity contribution in [3.63, 3.8) is 0 Å². The molecule has 0 aliphatic heterocycles. The predicted octanol–water partition coefficient (Wildman–Crippen LogP) is 2.86. The summed E-state index contributed by atoms with van der Waals surface area (Å²) in [7, 11) is 1.63. The molecule has 0 saturated heterocycles.